The summed E-state index contributed by atoms with van der Waals surface area (Å²) in [6, 6.07) is 0. The van der Waals surface area contributed by atoms with Crippen molar-refractivity contribution in [2.75, 3.05) is 139 Å². The second kappa shape index (κ2) is 40.8. The van der Waals surface area contributed by atoms with E-state index in [1.165, 1.54) is 32.1 Å². The van der Waals surface area contributed by atoms with E-state index in [1.807, 2.05) is 0 Å². The van der Waals surface area contributed by atoms with Gasteiger partial charge in [0.1, 0.15) is 6.61 Å². The molecule has 0 radical (unpaired) electrons. The number of rotatable bonds is 40. The maximum absolute atomic E-state index is 11.7. The maximum Gasteiger partial charge on any atom is 0.305 e. The highest BCUT2D eigenvalue weighted by molar-refractivity contribution is 5.69. The summed E-state index contributed by atoms with van der Waals surface area (Å²) in [5.74, 6) is -0.140. The fourth-order valence-electron chi connectivity index (χ4n) is 3.66. The van der Waals surface area contributed by atoms with Crippen LogP contribution >= 0.6 is 0 Å². The quantitative estimate of drug-likeness (QED) is 0.0541. The monoisotopic (exact) mass is 652 g/mol. The second-order valence-electron chi connectivity index (χ2n) is 9.97. The summed E-state index contributed by atoms with van der Waals surface area (Å²) in [7, 11) is 0. The van der Waals surface area contributed by atoms with E-state index in [9.17, 15) is 4.79 Å². The Kier molecular flexibility index (Phi) is 39.8. The molecule has 0 unspecified atom stereocenters. The molecule has 0 aromatic carbocycles. The Bertz CT molecular complexity index is 582. The number of esters is 1. The predicted octanol–water partition coefficient (Wildman–Crippen LogP) is 4.02. The van der Waals surface area contributed by atoms with Crippen molar-refractivity contribution < 1.29 is 56.9 Å². The van der Waals surface area contributed by atoms with E-state index >= 15 is 0 Å². The molecule has 0 fully saturated rings. The summed E-state index contributed by atoms with van der Waals surface area (Å²) in [6.45, 7) is 16.2. The van der Waals surface area contributed by atoms with E-state index < -0.39 is 0 Å². The lowest BCUT2D eigenvalue weighted by atomic mass is 10.1. The lowest BCUT2D eigenvalue weighted by molar-refractivity contribution is -0.145. The molecule has 0 aliphatic rings. The van der Waals surface area contributed by atoms with E-state index in [2.05, 4.69) is 13.5 Å². The van der Waals surface area contributed by atoms with Gasteiger partial charge in [0.2, 0.25) is 0 Å². The Labute approximate surface area is 272 Å². The van der Waals surface area contributed by atoms with Crippen molar-refractivity contribution in [2.24, 2.45) is 0 Å². The summed E-state index contributed by atoms with van der Waals surface area (Å²) in [5.41, 5.74) is 0. The fourth-order valence-corrected chi connectivity index (χ4v) is 3.66. The van der Waals surface area contributed by atoms with Crippen LogP contribution in [0.5, 0.6) is 0 Å². The third-order valence-electron chi connectivity index (χ3n) is 6.06. The van der Waals surface area contributed by atoms with Crippen LogP contribution in [0.1, 0.15) is 58.3 Å². The fraction of sp³-hybridized carbons (Fsp3) is 0.909. The van der Waals surface area contributed by atoms with Gasteiger partial charge in [-0.15, -0.1) is 6.58 Å². The van der Waals surface area contributed by atoms with E-state index in [0.29, 0.717) is 139 Å². The molecular weight excluding hydrogens is 588 g/mol. The van der Waals surface area contributed by atoms with E-state index in [4.69, 9.17) is 52.1 Å². The Morgan fingerprint density at radius 3 is 1.04 bits per heavy atom. The molecule has 45 heavy (non-hydrogen) atoms. The van der Waals surface area contributed by atoms with Gasteiger partial charge in [-0.25, -0.2) is 0 Å². The molecule has 0 saturated carbocycles. The number of hydrogen-bond acceptors (Lipinski definition) is 12. The Morgan fingerprint density at radius 1 is 0.422 bits per heavy atom. The zero-order valence-corrected chi connectivity index (χ0v) is 28.2. The number of unbranched alkanes of at least 4 members (excludes halogenated alkanes) is 6. The van der Waals surface area contributed by atoms with Gasteiger partial charge in [0.05, 0.1) is 132 Å². The van der Waals surface area contributed by atoms with Crippen molar-refractivity contribution in [1.29, 1.82) is 0 Å². The van der Waals surface area contributed by atoms with Crippen molar-refractivity contribution in [3.05, 3.63) is 12.7 Å². The zero-order chi connectivity index (χ0) is 32.6. The lowest BCUT2D eigenvalue weighted by Gasteiger charge is -2.09. The van der Waals surface area contributed by atoms with Crippen LogP contribution < -0.4 is 0 Å². The van der Waals surface area contributed by atoms with Crippen LogP contribution in [0.3, 0.4) is 0 Å². The summed E-state index contributed by atoms with van der Waals surface area (Å²) in [4.78, 5) is 11.7. The van der Waals surface area contributed by atoms with E-state index in [0.717, 1.165) is 12.8 Å². The summed E-state index contributed by atoms with van der Waals surface area (Å²) >= 11 is 0. The van der Waals surface area contributed by atoms with Crippen molar-refractivity contribution in [3.8, 4) is 0 Å². The average molecular weight is 653 g/mol. The van der Waals surface area contributed by atoms with Crippen molar-refractivity contribution in [2.45, 2.75) is 58.3 Å². The first-order chi connectivity index (χ1) is 22.3. The molecule has 0 saturated heterocycles. The highest BCUT2D eigenvalue weighted by Gasteiger charge is 2.02. The Balaban J connectivity index is 3.10. The van der Waals surface area contributed by atoms with Crippen LogP contribution in [0.25, 0.3) is 0 Å². The minimum absolute atomic E-state index is 0.140. The molecule has 268 valence electrons. The van der Waals surface area contributed by atoms with Gasteiger partial charge in [0, 0.05) is 6.42 Å². The summed E-state index contributed by atoms with van der Waals surface area (Å²) in [5, 5.41) is 0. The van der Waals surface area contributed by atoms with E-state index in [-0.39, 0.29) is 12.6 Å². The van der Waals surface area contributed by atoms with Gasteiger partial charge in [-0.3, -0.25) is 4.79 Å². The van der Waals surface area contributed by atoms with Gasteiger partial charge in [0.25, 0.3) is 0 Å². The van der Waals surface area contributed by atoms with Crippen molar-refractivity contribution >= 4 is 5.97 Å². The van der Waals surface area contributed by atoms with Crippen LogP contribution in [-0.4, -0.2) is 145 Å². The van der Waals surface area contributed by atoms with Gasteiger partial charge in [-0.2, -0.15) is 0 Å². The first kappa shape index (κ1) is 43.8. The van der Waals surface area contributed by atoms with Gasteiger partial charge >= 0.3 is 5.97 Å². The topological polar surface area (TPSA) is 119 Å². The Hall–Kier alpha value is -1.19. The molecule has 0 aliphatic heterocycles. The molecule has 12 heteroatoms. The molecule has 0 aromatic rings. The number of ether oxygens (including phenoxy) is 11. The van der Waals surface area contributed by atoms with Gasteiger partial charge in [0.15, 0.2) is 0 Å². The third-order valence-corrected chi connectivity index (χ3v) is 6.06. The maximum atomic E-state index is 11.7. The molecule has 0 bridgehead atoms. The molecule has 0 N–H and O–H groups in total. The number of hydrogen-bond donors (Lipinski definition) is 0. The summed E-state index contributed by atoms with van der Waals surface area (Å²) in [6.07, 6.45) is 10.5. The number of carbonyl (C=O) groups is 1. The average Bonchev–Trinajstić information content (AvgIpc) is 3.05. The molecule has 0 atom stereocenters. The lowest BCUT2D eigenvalue weighted by Crippen LogP contribution is -2.15. The number of carbonyl (C=O) groups excluding carboxylic acids is 1. The highest BCUT2D eigenvalue weighted by Crippen LogP contribution is 2.08. The first-order valence-electron chi connectivity index (χ1n) is 16.8. The van der Waals surface area contributed by atoms with Gasteiger partial charge in [-0.05, 0) is 6.42 Å². The third kappa shape index (κ3) is 40.8. The molecule has 0 rings (SSSR count). The second-order valence-corrected chi connectivity index (χ2v) is 9.97. The minimum Gasteiger partial charge on any atom is -0.463 e. The normalized spacial score (nSPS) is 11.3. The largest absolute Gasteiger partial charge is 0.463 e. The molecular formula is C33H64O12. The SMILES string of the molecule is C=CCOCCOCCOCCOCCOCCOCCOCCOCCOCCOCCOC(=O)CCCCCCCCC. The van der Waals surface area contributed by atoms with Crippen molar-refractivity contribution in [3.63, 3.8) is 0 Å². The molecule has 0 aromatic heterocycles. The van der Waals surface area contributed by atoms with Crippen LogP contribution in [0, 0.1) is 0 Å². The predicted molar refractivity (Wildman–Crippen MR) is 172 cm³/mol. The molecule has 0 heterocycles. The first-order valence-corrected chi connectivity index (χ1v) is 16.8. The molecule has 12 nitrogen and oxygen atoms in total. The van der Waals surface area contributed by atoms with Crippen LogP contribution in [0.2, 0.25) is 0 Å². The van der Waals surface area contributed by atoms with Gasteiger partial charge < -0.3 is 52.1 Å². The highest BCUT2D eigenvalue weighted by atomic mass is 16.6. The molecule has 0 amide bonds. The smallest absolute Gasteiger partial charge is 0.305 e. The molecule has 0 spiro atoms. The van der Waals surface area contributed by atoms with Crippen LogP contribution in [0.15, 0.2) is 12.7 Å². The van der Waals surface area contributed by atoms with Crippen LogP contribution in [-0.2, 0) is 56.9 Å². The van der Waals surface area contributed by atoms with Crippen molar-refractivity contribution in [1.82, 2.24) is 0 Å². The summed E-state index contributed by atoms with van der Waals surface area (Å²) < 4.78 is 59.4. The minimum atomic E-state index is -0.140. The standard InChI is InChI=1S/C33H64O12/c1-3-5-6-7-8-9-10-11-33(34)45-32-31-44-30-29-43-28-27-42-26-25-41-24-23-40-22-21-39-20-19-38-18-17-37-16-15-36-14-13-35-12-4-2/h4H,2-3,5-32H2,1H3. The Morgan fingerprint density at radius 2 is 0.711 bits per heavy atom. The van der Waals surface area contributed by atoms with E-state index in [1.54, 1.807) is 6.08 Å². The molecule has 0 aliphatic carbocycles. The van der Waals surface area contributed by atoms with Gasteiger partial charge in [-0.1, -0.05) is 51.5 Å². The van der Waals surface area contributed by atoms with Crippen LogP contribution in [0.4, 0.5) is 0 Å². The zero-order valence-electron chi connectivity index (χ0n) is 28.2.